The molecule has 4 aromatic heterocycles. The zero-order valence-corrected chi connectivity index (χ0v) is 28.6. The summed E-state index contributed by atoms with van der Waals surface area (Å²) in [5, 5.41) is 4.86. The van der Waals surface area contributed by atoms with Crippen molar-refractivity contribution in [1.82, 2.24) is 19.1 Å². The van der Waals surface area contributed by atoms with Gasteiger partial charge in [-0.3, -0.25) is 9.55 Å². The number of benzene rings is 6. The van der Waals surface area contributed by atoms with E-state index in [4.69, 9.17) is 9.97 Å². The van der Waals surface area contributed by atoms with Crippen LogP contribution in [0.5, 0.6) is 0 Å². The van der Waals surface area contributed by atoms with Crippen LogP contribution in [0.1, 0.15) is 5.56 Å². The molecule has 5 nitrogen and oxygen atoms in total. The van der Waals surface area contributed by atoms with Crippen LogP contribution in [0, 0.1) is 6.92 Å². The lowest BCUT2D eigenvalue weighted by Crippen LogP contribution is -2.10. The predicted molar refractivity (Wildman–Crippen MR) is 216 cm³/mol. The van der Waals surface area contributed by atoms with E-state index in [-0.39, 0.29) is 0 Å². The first-order chi connectivity index (χ1) is 25.7. The number of rotatable bonds is 6. The second-order valence-electron chi connectivity index (χ2n) is 13.2. The fraction of sp³-hybridized carbons (Fsp3) is 0.0213. The molecule has 0 unspecified atom stereocenters. The third kappa shape index (κ3) is 4.78. The average molecular weight is 668 g/mol. The van der Waals surface area contributed by atoms with Crippen LogP contribution >= 0.6 is 0 Å². The number of anilines is 3. The number of nitrogens with zero attached hydrogens (tertiary/aromatic N) is 5. The number of pyridine rings is 2. The Kier molecular flexibility index (Phi) is 6.96. The molecule has 0 aliphatic heterocycles. The minimum absolute atomic E-state index is 0.879. The van der Waals surface area contributed by atoms with Crippen LogP contribution in [0.4, 0.5) is 17.1 Å². The van der Waals surface area contributed by atoms with Crippen LogP contribution in [0.15, 0.2) is 182 Å². The second-order valence-corrected chi connectivity index (χ2v) is 13.2. The Morgan fingerprint density at radius 1 is 0.462 bits per heavy atom. The first kappa shape index (κ1) is 29.9. The highest BCUT2D eigenvalue weighted by molar-refractivity contribution is 6.29. The average Bonchev–Trinajstić information content (AvgIpc) is 3.72. The monoisotopic (exact) mass is 667 g/mol. The number of fused-ring (bicyclic) bond motifs is 7. The van der Waals surface area contributed by atoms with Crippen LogP contribution in [-0.2, 0) is 0 Å². The SMILES string of the molecule is Cc1ccc(-c2cccc(N(c3ccccc3)c3ccc4c5c6c7ccccc7n(-c7ccccc7)c6ccc5n(-c5ccccn5)c4c3)c2)nc1. The van der Waals surface area contributed by atoms with Crippen LogP contribution in [0.3, 0.4) is 0 Å². The maximum atomic E-state index is 4.90. The van der Waals surface area contributed by atoms with E-state index in [0.717, 1.165) is 56.4 Å². The van der Waals surface area contributed by atoms with Crippen molar-refractivity contribution >= 4 is 60.7 Å². The van der Waals surface area contributed by atoms with Gasteiger partial charge in [-0.15, -0.1) is 0 Å². The summed E-state index contributed by atoms with van der Waals surface area (Å²) in [6, 6.07) is 60.3. The molecule has 0 saturated carbocycles. The largest absolute Gasteiger partial charge is 0.310 e. The van der Waals surface area contributed by atoms with E-state index in [9.17, 15) is 0 Å². The first-order valence-electron chi connectivity index (χ1n) is 17.6. The van der Waals surface area contributed by atoms with Crippen LogP contribution in [0.2, 0.25) is 0 Å². The lowest BCUT2D eigenvalue weighted by Gasteiger charge is -2.26. The minimum Gasteiger partial charge on any atom is -0.310 e. The molecule has 0 aliphatic carbocycles. The molecule has 0 bridgehead atoms. The van der Waals surface area contributed by atoms with Crippen LogP contribution in [-0.4, -0.2) is 19.1 Å². The van der Waals surface area contributed by atoms with E-state index in [0.29, 0.717) is 0 Å². The van der Waals surface area contributed by atoms with Gasteiger partial charge in [0.15, 0.2) is 0 Å². The van der Waals surface area contributed by atoms with Gasteiger partial charge >= 0.3 is 0 Å². The molecule has 52 heavy (non-hydrogen) atoms. The zero-order valence-electron chi connectivity index (χ0n) is 28.6. The van der Waals surface area contributed by atoms with Crippen molar-refractivity contribution in [2.24, 2.45) is 0 Å². The summed E-state index contributed by atoms with van der Waals surface area (Å²) < 4.78 is 4.70. The molecule has 0 saturated heterocycles. The smallest absolute Gasteiger partial charge is 0.137 e. The van der Waals surface area contributed by atoms with Gasteiger partial charge in [0.2, 0.25) is 0 Å². The topological polar surface area (TPSA) is 38.9 Å². The van der Waals surface area contributed by atoms with E-state index in [1.54, 1.807) is 0 Å². The van der Waals surface area contributed by atoms with E-state index in [2.05, 4.69) is 185 Å². The molecule has 0 aliphatic rings. The fourth-order valence-electron chi connectivity index (χ4n) is 7.75. The van der Waals surface area contributed by atoms with Crippen molar-refractivity contribution < 1.29 is 0 Å². The molecule has 0 amide bonds. The third-order valence-corrected chi connectivity index (χ3v) is 10.0. The van der Waals surface area contributed by atoms with Gasteiger partial charge in [-0.1, -0.05) is 84.9 Å². The molecule has 10 aromatic rings. The number of aromatic nitrogens is 4. The number of para-hydroxylation sites is 3. The Balaban J connectivity index is 1.27. The second kappa shape index (κ2) is 12.1. The molecule has 0 fully saturated rings. The van der Waals surface area contributed by atoms with E-state index in [1.165, 1.54) is 32.6 Å². The van der Waals surface area contributed by atoms with Gasteiger partial charge in [-0.2, -0.15) is 0 Å². The fourth-order valence-corrected chi connectivity index (χ4v) is 7.75. The normalized spacial score (nSPS) is 11.6. The molecule has 10 rings (SSSR count). The van der Waals surface area contributed by atoms with Crippen molar-refractivity contribution in [3.05, 3.63) is 188 Å². The summed E-state index contributed by atoms with van der Waals surface area (Å²) in [6.45, 7) is 2.07. The zero-order chi connectivity index (χ0) is 34.6. The van der Waals surface area contributed by atoms with Gasteiger partial charge in [0.1, 0.15) is 5.82 Å². The molecular weight excluding hydrogens is 635 g/mol. The van der Waals surface area contributed by atoms with E-state index >= 15 is 0 Å². The van der Waals surface area contributed by atoms with Gasteiger partial charge in [-0.25, -0.2) is 4.98 Å². The highest BCUT2D eigenvalue weighted by Crippen LogP contribution is 2.44. The summed E-state index contributed by atoms with van der Waals surface area (Å²) in [4.78, 5) is 12.0. The maximum absolute atomic E-state index is 4.90. The Bertz CT molecular complexity index is 2890. The van der Waals surface area contributed by atoms with Crippen molar-refractivity contribution in [1.29, 1.82) is 0 Å². The van der Waals surface area contributed by atoms with Crippen molar-refractivity contribution in [2.75, 3.05) is 4.90 Å². The predicted octanol–water partition coefficient (Wildman–Crippen LogP) is 12.1. The summed E-state index contributed by atoms with van der Waals surface area (Å²) >= 11 is 0. The lowest BCUT2D eigenvalue weighted by molar-refractivity contribution is 1.08. The molecule has 0 atom stereocenters. The molecule has 6 aromatic carbocycles. The molecular formula is C47H33N5. The molecule has 0 N–H and O–H groups in total. The summed E-state index contributed by atoms with van der Waals surface area (Å²) in [6.07, 6.45) is 3.80. The number of aryl methyl sites for hydroxylation is 1. The van der Waals surface area contributed by atoms with Crippen molar-refractivity contribution in [3.63, 3.8) is 0 Å². The van der Waals surface area contributed by atoms with Gasteiger partial charge in [-0.05, 0) is 97.4 Å². The van der Waals surface area contributed by atoms with Crippen molar-refractivity contribution in [2.45, 2.75) is 6.92 Å². The molecule has 246 valence electrons. The Morgan fingerprint density at radius 3 is 1.92 bits per heavy atom. The van der Waals surface area contributed by atoms with Gasteiger partial charge in [0.05, 0.1) is 27.8 Å². The van der Waals surface area contributed by atoms with Gasteiger partial charge in [0.25, 0.3) is 0 Å². The molecule has 0 spiro atoms. The Hall–Kier alpha value is -6.98. The quantitative estimate of drug-likeness (QED) is 0.177. The molecule has 5 heteroatoms. The van der Waals surface area contributed by atoms with Crippen LogP contribution < -0.4 is 4.90 Å². The first-order valence-corrected chi connectivity index (χ1v) is 17.6. The van der Waals surface area contributed by atoms with Crippen LogP contribution in [0.25, 0.3) is 66.4 Å². The highest BCUT2D eigenvalue weighted by Gasteiger charge is 2.22. The van der Waals surface area contributed by atoms with Crippen molar-refractivity contribution in [3.8, 4) is 22.8 Å². The van der Waals surface area contributed by atoms with E-state index in [1.807, 2.05) is 18.5 Å². The summed E-state index contributed by atoms with van der Waals surface area (Å²) in [5.41, 5.74) is 12.1. The third-order valence-electron chi connectivity index (χ3n) is 10.0. The number of hydrogen-bond acceptors (Lipinski definition) is 3. The molecule has 4 heterocycles. The summed E-state index contributed by atoms with van der Waals surface area (Å²) in [5.74, 6) is 0.879. The van der Waals surface area contributed by atoms with Gasteiger partial charge < -0.3 is 9.47 Å². The highest BCUT2D eigenvalue weighted by atomic mass is 15.1. The Morgan fingerprint density at radius 2 is 1.15 bits per heavy atom. The Labute approximate surface area is 301 Å². The number of hydrogen-bond donors (Lipinski definition) is 0. The standard InChI is InChI=1S/C47H33N5/c1-32-22-25-40(49-31-32)33-13-12-18-36(29-33)50(34-14-4-2-5-15-34)37-23-24-39-44(30-37)52(45-21-10-11-28-48-45)43-27-26-42-46(47(39)43)38-19-8-9-20-41(38)51(42)35-16-6-3-7-17-35/h2-31H,1H3. The molecule has 0 radical (unpaired) electrons. The minimum atomic E-state index is 0.879. The maximum Gasteiger partial charge on any atom is 0.137 e. The summed E-state index contributed by atoms with van der Waals surface area (Å²) in [7, 11) is 0. The van der Waals surface area contributed by atoms with Gasteiger partial charge in [0, 0.05) is 62.3 Å². The lowest BCUT2D eigenvalue weighted by atomic mass is 10.0. The van der Waals surface area contributed by atoms with E-state index < -0.39 is 0 Å².